The molecule has 0 aliphatic rings. The number of benzene rings is 2. The minimum Gasteiger partial charge on any atom is -0.344 e. The summed E-state index contributed by atoms with van der Waals surface area (Å²) in [6.45, 7) is 9.83. The van der Waals surface area contributed by atoms with E-state index >= 15 is 0 Å². The highest BCUT2D eigenvalue weighted by molar-refractivity contribution is 6.10. The van der Waals surface area contributed by atoms with Gasteiger partial charge in [-0.3, -0.25) is 0 Å². The number of aromatic nitrogens is 1. The Balaban J connectivity index is 0.000000510. The zero-order valence-corrected chi connectivity index (χ0v) is 14.0. The van der Waals surface area contributed by atoms with Crippen molar-refractivity contribution in [3.8, 4) is 0 Å². The number of nitrogens with one attached hydrogen (secondary N) is 1. The van der Waals surface area contributed by atoms with E-state index in [0.29, 0.717) is 5.71 Å². The molecule has 21 heavy (non-hydrogen) atoms. The largest absolute Gasteiger partial charge is 0.344 e. The van der Waals surface area contributed by atoms with Crippen LogP contribution in [0.2, 0.25) is 0 Å². The van der Waals surface area contributed by atoms with Gasteiger partial charge in [0.05, 0.1) is 0 Å². The molecule has 0 amide bonds. The van der Waals surface area contributed by atoms with Crippen LogP contribution in [0.5, 0.6) is 0 Å². The van der Waals surface area contributed by atoms with Crippen molar-refractivity contribution >= 4 is 27.5 Å². The minimum absolute atomic E-state index is 0.611. The maximum atomic E-state index is 7.72. The van der Waals surface area contributed by atoms with E-state index in [0.717, 1.165) is 5.56 Å². The van der Waals surface area contributed by atoms with Gasteiger partial charge in [0.2, 0.25) is 0 Å². The van der Waals surface area contributed by atoms with Gasteiger partial charge in [-0.05, 0) is 30.7 Å². The maximum Gasteiger partial charge on any atom is 0.0489 e. The van der Waals surface area contributed by atoms with Crippen molar-refractivity contribution in [1.82, 2.24) is 4.57 Å². The quantitative estimate of drug-likeness (QED) is 0.549. The molecule has 0 aliphatic heterocycles. The fourth-order valence-electron chi connectivity index (χ4n) is 2.40. The van der Waals surface area contributed by atoms with Crippen LogP contribution in [0.15, 0.2) is 42.5 Å². The lowest BCUT2D eigenvalue weighted by Crippen LogP contribution is -1.91. The van der Waals surface area contributed by atoms with E-state index in [1.54, 1.807) is 0 Å². The smallest absolute Gasteiger partial charge is 0.0489 e. The first kappa shape index (κ1) is 17.0. The monoisotopic (exact) mass is 282 g/mol. The van der Waals surface area contributed by atoms with Crippen molar-refractivity contribution in [2.45, 2.75) is 34.6 Å². The molecule has 0 bridgehead atoms. The second-order valence-corrected chi connectivity index (χ2v) is 4.43. The van der Waals surface area contributed by atoms with Gasteiger partial charge >= 0.3 is 0 Å². The second-order valence-electron chi connectivity index (χ2n) is 4.43. The van der Waals surface area contributed by atoms with E-state index in [-0.39, 0.29) is 0 Å². The van der Waals surface area contributed by atoms with Gasteiger partial charge in [0.1, 0.15) is 0 Å². The lowest BCUT2D eigenvalue weighted by atomic mass is 10.1. The van der Waals surface area contributed by atoms with Crippen molar-refractivity contribution in [3.63, 3.8) is 0 Å². The van der Waals surface area contributed by atoms with Gasteiger partial charge in [0.15, 0.2) is 0 Å². The van der Waals surface area contributed by atoms with Crippen LogP contribution in [0.3, 0.4) is 0 Å². The topological polar surface area (TPSA) is 28.8 Å². The number of nitrogens with zero attached hydrogens (tertiary/aromatic N) is 1. The molecule has 1 aromatic heterocycles. The predicted molar refractivity (Wildman–Crippen MR) is 95.6 cm³/mol. The average molecular weight is 282 g/mol. The Labute approximate surface area is 127 Å². The SMILES string of the molecule is CC.CC.CC(=N)c1ccc2c(c1)c1ccccc1n2C. The molecule has 0 unspecified atom stereocenters. The summed E-state index contributed by atoms with van der Waals surface area (Å²) in [4.78, 5) is 0. The van der Waals surface area contributed by atoms with Gasteiger partial charge in [-0.2, -0.15) is 0 Å². The van der Waals surface area contributed by atoms with Crippen molar-refractivity contribution in [1.29, 1.82) is 5.41 Å². The third-order valence-electron chi connectivity index (χ3n) is 3.35. The van der Waals surface area contributed by atoms with Crippen molar-refractivity contribution in [3.05, 3.63) is 48.0 Å². The number of hydrogen-bond acceptors (Lipinski definition) is 1. The first-order valence-electron chi connectivity index (χ1n) is 7.71. The normalized spacial score (nSPS) is 9.62. The summed E-state index contributed by atoms with van der Waals surface area (Å²) >= 11 is 0. The Bertz CT molecular complexity index is 736. The number of aryl methyl sites for hydroxylation is 1. The van der Waals surface area contributed by atoms with Crippen LogP contribution >= 0.6 is 0 Å². The Kier molecular flexibility index (Phi) is 6.16. The fourth-order valence-corrected chi connectivity index (χ4v) is 2.40. The van der Waals surface area contributed by atoms with Crippen LogP contribution in [0, 0.1) is 5.41 Å². The zero-order valence-electron chi connectivity index (χ0n) is 14.0. The van der Waals surface area contributed by atoms with Gasteiger partial charge in [-0.1, -0.05) is 52.0 Å². The molecule has 0 saturated heterocycles. The summed E-state index contributed by atoms with van der Waals surface area (Å²) in [5.74, 6) is 0. The van der Waals surface area contributed by atoms with Crippen LogP contribution in [-0.4, -0.2) is 10.3 Å². The molecule has 0 aliphatic carbocycles. The van der Waals surface area contributed by atoms with Crippen molar-refractivity contribution in [2.75, 3.05) is 0 Å². The Hall–Kier alpha value is -2.09. The standard InChI is InChI=1S/C15H14N2.2C2H6/c1-10(16)11-7-8-15-13(9-11)12-5-3-4-6-14(12)17(15)2;2*1-2/h3-9,16H,1-2H3;2*1-2H3. The molecule has 112 valence electrons. The van der Waals surface area contributed by atoms with Gasteiger partial charge in [0, 0.05) is 34.6 Å². The third-order valence-corrected chi connectivity index (χ3v) is 3.35. The summed E-state index contributed by atoms with van der Waals surface area (Å²) in [6, 6.07) is 14.6. The minimum atomic E-state index is 0.611. The van der Waals surface area contributed by atoms with E-state index in [9.17, 15) is 0 Å². The summed E-state index contributed by atoms with van der Waals surface area (Å²) < 4.78 is 2.20. The molecule has 3 rings (SSSR count). The molecule has 0 saturated carbocycles. The number of hydrogen-bond donors (Lipinski definition) is 1. The summed E-state index contributed by atoms with van der Waals surface area (Å²) in [5.41, 5.74) is 4.06. The van der Waals surface area contributed by atoms with E-state index in [4.69, 9.17) is 5.41 Å². The molecule has 2 aromatic carbocycles. The van der Waals surface area contributed by atoms with Crippen LogP contribution in [0.25, 0.3) is 21.8 Å². The lowest BCUT2D eigenvalue weighted by molar-refractivity contribution is 1.01. The van der Waals surface area contributed by atoms with Gasteiger partial charge < -0.3 is 9.98 Å². The molecular formula is C19H26N2. The molecule has 0 spiro atoms. The molecule has 0 radical (unpaired) electrons. The summed E-state index contributed by atoms with van der Waals surface area (Å²) in [7, 11) is 2.08. The van der Waals surface area contributed by atoms with Crippen molar-refractivity contribution in [2.24, 2.45) is 7.05 Å². The zero-order chi connectivity index (χ0) is 16.0. The Morgan fingerprint density at radius 3 is 2.05 bits per heavy atom. The molecule has 1 heterocycles. The highest BCUT2D eigenvalue weighted by Crippen LogP contribution is 2.28. The van der Waals surface area contributed by atoms with Crippen molar-refractivity contribution < 1.29 is 0 Å². The fraction of sp³-hybridized carbons (Fsp3) is 0.316. The molecule has 2 heteroatoms. The number of fused-ring (bicyclic) bond motifs is 3. The highest BCUT2D eigenvalue weighted by atomic mass is 14.9. The molecule has 2 nitrogen and oxygen atoms in total. The maximum absolute atomic E-state index is 7.72. The van der Waals surface area contributed by atoms with Crippen LogP contribution in [-0.2, 0) is 7.05 Å². The third kappa shape index (κ3) is 3.15. The van der Waals surface area contributed by atoms with Gasteiger partial charge in [0.25, 0.3) is 0 Å². The molecular weight excluding hydrogens is 256 g/mol. The average Bonchev–Trinajstić information content (AvgIpc) is 2.84. The van der Waals surface area contributed by atoms with Gasteiger partial charge in [-0.25, -0.2) is 0 Å². The van der Waals surface area contributed by atoms with E-state index < -0.39 is 0 Å². The first-order valence-corrected chi connectivity index (χ1v) is 7.71. The molecule has 3 aromatic rings. The molecule has 1 N–H and O–H groups in total. The van der Waals surface area contributed by atoms with Crippen LogP contribution in [0.4, 0.5) is 0 Å². The summed E-state index contributed by atoms with van der Waals surface area (Å²) in [5, 5.41) is 10.2. The second kappa shape index (κ2) is 7.63. The number of rotatable bonds is 1. The van der Waals surface area contributed by atoms with E-state index in [2.05, 4.69) is 48.0 Å². The molecule has 0 atom stereocenters. The summed E-state index contributed by atoms with van der Waals surface area (Å²) in [6.07, 6.45) is 0. The Morgan fingerprint density at radius 1 is 0.857 bits per heavy atom. The van der Waals surface area contributed by atoms with Crippen LogP contribution < -0.4 is 0 Å². The first-order chi connectivity index (χ1) is 10.2. The molecule has 0 fully saturated rings. The van der Waals surface area contributed by atoms with Crippen LogP contribution in [0.1, 0.15) is 40.2 Å². The van der Waals surface area contributed by atoms with E-state index in [1.807, 2.05) is 40.7 Å². The number of para-hydroxylation sites is 1. The lowest BCUT2D eigenvalue weighted by Gasteiger charge is -2.00. The highest BCUT2D eigenvalue weighted by Gasteiger charge is 2.08. The Morgan fingerprint density at radius 2 is 1.43 bits per heavy atom. The van der Waals surface area contributed by atoms with Gasteiger partial charge in [-0.15, -0.1) is 0 Å². The predicted octanol–water partition coefficient (Wildman–Crippen LogP) is 5.77. The van der Waals surface area contributed by atoms with E-state index in [1.165, 1.54) is 21.8 Å².